The number of hydrogen-bond acceptors (Lipinski definition) is 8. The Morgan fingerprint density at radius 3 is 2.64 bits per heavy atom. The van der Waals surface area contributed by atoms with Crippen LogP contribution in [0.5, 0.6) is 0 Å². The van der Waals surface area contributed by atoms with Gasteiger partial charge in [0.1, 0.15) is 29.7 Å². The molecule has 2 amide bonds. The number of rotatable bonds is 13. The summed E-state index contributed by atoms with van der Waals surface area (Å²) in [5, 5.41) is 19.3. The lowest BCUT2D eigenvalue weighted by Crippen LogP contribution is -2.57. The Balaban J connectivity index is 1.42. The van der Waals surface area contributed by atoms with E-state index < -0.39 is 53.6 Å². The van der Waals surface area contributed by atoms with E-state index in [4.69, 9.17) is 9.47 Å². The summed E-state index contributed by atoms with van der Waals surface area (Å²) in [5.74, 6) is -3.15. The molecule has 3 aliphatic heterocycles. The number of allylic oxidation sites excluding steroid dienone is 1. The van der Waals surface area contributed by atoms with E-state index in [-0.39, 0.29) is 25.7 Å². The Morgan fingerprint density at radius 1 is 1.16 bits per heavy atom. The lowest BCUT2D eigenvalue weighted by atomic mass is 9.66. The van der Waals surface area contributed by atoms with Gasteiger partial charge in [0.05, 0.1) is 36.3 Å². The van der Waals surface area contributed by atoms with Crippen molar-refractivity contribution >= 4 is 28.8 Å². The molecule has 11 heteroatoms. The highest BCUT2D eigenvalue weighted by molar-refractivity contribution is 5.98. The minimum Gasteiger partial charge on any atom is -0.465 e. The Bertz CT molecular complexity index is 1610. The molecule has 6 atom stereocenters. The van der Waals surface area contributed by atoms with Gasteiger partial charge < -0.3 is 24.4 Å². The Morgan fingerprint density at radius 2 is 1.91 bits per heavy atom. The van der Waals surface area contributed by atoms with Gasteiger partial charge >= 0.3 is 5.97 Å². The molecule has 3 saturated heterocycles. The van der Waals surface area contributed by atoms with E-state index in [0.29, 0.717) is 36.8 Å². The highest BCUT2D eigenvalue weighted by atomic mass is 16.6. The van der Waals surface area contributed by atoms with Crippen molar-refractivity contribution < 1.29 is 29.0 Å². The van der Waals surface area contributed by atoms with Crippen molar-refractivity contribution in [3.05, 3.63) is 85.5 Å². The van der Waals surface area contributed by atoms with E-state index in [9.17, 15) is 19.5 Å². The molecule has 0 radical (unpaired) electrons. The number of aromatic nitrogens is 3. The summed E-state index contributed by atoms with van der Waals surface area (Å²) in [6.07, 6.45) is 5.56. The van der Waals surface area contributed by atoms with Crippen LogP contribution in [0.4, 0.5) is 0 Å². The molecule has 1 aromatic heterocycles. The van der Waals surface area contributed by atoms with Crippen molar-refractivity contribution in [2.24, 2.45) is 11.8 Å². The number of carbonyl (C=O) groups is 3. The zero-order valence-electron chi connectivity index (χ0n) is 25.5. The topological polar surface area (TPSA) is 127 Å². The third-order valence-corrected chi connectivity index (χ3v) is 9.58. The summed E-state index contributed by atoms with van der Waals surface area (Å²) in [5.41, 5.74) is -0.168. The zero-order valence-corrected chi connectivity index (χ0v) is 25.5. The van der Waals surface area contributed by atoms with Crippen molar-refractivity contribution in [1.29, 1.82) is 0 Å². The molecule has 3 aromatic rings. The normalized spacial score (nSPS) is 27.4. The number of hydrogen-bond donors (Lipinski definition) is 1. The second-order valence-corrected chi connectivity index (χ2v) is 12.2. The molecule has 236 valence electrons. The Hall–Kier alpha value is -4.35. The molecule has 6 rings (SSSR count). The number of benzene rings is 2. The smallest absolute Gasteiger partial charge is 0.312 e. The van der Waals surface area contributed by atoms with Crippen LogP contribution in [0, 0.1) is 11.8 Å². The SMILES string of the molecule is C=CCCCOC(=O)[C@H]1[C@H]2C(=O)N([C@H](CO)c3ccccc3)C(C(=O)N(CC=C)Cn3nnc4ccccc43)C23CC[C@]1(C)O3. The molecule has 1 N–H and O–H groups in total. The highest BCUT2D eigenvalue weighted by Gasteiger charge is 2.79. The predicted octanol–water partition coefficient (Wildman–Crippen LogP) is 3.41. The van der Waals surface area contributed by atoms with E-state index in [2.05, 4.69) is 23.5 Å². The number of carbonyl (C=O) groups excluding carboxylic acids is 3. The first-order valence-corrected chi connectivity index (χ1v) is 15.4. The van der Waals surface area contributed by atoms with Crippen LogP contribution in [-0.4, -0.2) is 84.7 Å². The third kappa shape index (κ3) is 5.04. The number of unbranched alkanes of at least 4 members (excludes halogenated alkanes) is 1. The monoisotopic (exact) mass is 613 g/mol. The molecule has 0 saturated carbocycles. The summed E-state index contributed by atoms with van der Waals surface area (Å²) in [4.78, 5) is 46.3. The van der Waals surface area contributed by atoms with E-state index in [0.717, 1.165) is 5.52 Å². The fourth-order valence-corrected chi connectivity index (χ4v) is 7.59. The second kappa shape index (κ2) is 12.2. The number of ether oxygens (including phenoxy) is 2. The van der Waals surface area contributed by atoms with Crippen molar-refractivity contribution in [3.8, 4) is 0 Å². The summed E-state index contributed by atoms with van der Waals surface area (Å²) in [7, 11) is 0. The number of amides is 2. The molecule has 3 aliphatic rings. The van der Waals surface area contributed by atoms with Gasteiger partial charge in [-0.15, -0.1) is 18.3 Å². The average Bonchev–Trinajstić information content (AvgIpc) is 3.75. The number of esters is 1. The van der Waals surface area contributed by atoms with E-state index in [1.165, 1.54) is 4.90 Å². The molecule has 0 aliphatic carbocycles. The molecule has 2 unspecified atom stereocenters. The molecule has 45 heavy (non-hydrogen) atoms. The molecular formula is C34H39N5O6. The zero-order chi connectivity index (χ0) is 31.8. The van der Waals surface area contributed by atoms with Crippen LogP contribution in [0.3, 0.4) is 0 Å². The Labute approximate surface area is 262 Å². The number of likely N-dealkylation sites (tertiary alicyclic amines) is 1. The number of aliphatic hydroxyl groups is 1. The van der Waals surface area contributed by atoms with Crippen LogP contribution in [-0.2, 0) is 30.5 Å². The maximum absolute atomic E-state index is 14.9. The number of nitrogens with zero attached hydrogens (tertiary/aromatic N) is 5. The van der Waals surface area contributed by atoms with Crippen molar-refractivity contribution in [2.75, 3.05) is 19.8 Å². The van der Waals surface area contributed by atoms with Crippen LogP contribution in [0.1, 0.15) is 44.2 Å². The van der Waals surface area contributed by atoms with Crippen molar-refractivity contribution in [1.82, 2.24) is 24.8 Å². The minimum absolute atomic E-state index is 0.0474. The van der Waals surface area contributed by atoms with Crippen LogP contribution < -0.4 is 0 Å². The second-order valence-electron chi connectivity index (χ2n) is 12.2. The molecule has 2 bridgehead atoms. The van der Waals surface area contributed by atoms with Gasteiger partial charge in [-0.1, -0.05) is 59.8 Å². The van der Waals surface area contributed by atoms with E-state index in [1.807, 2.05) is 61.5 Å². The maximum atomic E-state index is 14.9. The van der Waals surface area contributed by atoms with Gasteiger partial charge in [0, 0.05) is 6.54 Å². The predicted molar refractivity (Wildman–Crippen MR) is 165 cm³/mol. The van der Waals surface area contributed by atoms with Crippen molar-refractivity contribution in [2.45, 2.75) is 62.6 Å². The fraction of sp³-hybridized carbons (Fsp3) is 0.441. The summed E-state index contributed by atoms with van der Waals surface area (Å²) in [6, 6.07) is 14.6. The van der Waals surface area contributed by atoms with Crippen molar-refractivity contribution in [3.63, 3.8) is 0 Å². The van der Waals surface area contributed by atoms with Gasteiger partial charge in [-0.25, -0.2) is 4.68 Å². The molecular weight excluding hydrogens is 574 g/mol. The lowest BCUT2D eigenvalue weighted by molar-refractivity contribution is -0.162. The molecule has 1 spiro atoms. The Kier molecular flexibility index (Phi) is 8.32. The highest BCUT2D eigenvalue weighted by Crippen LogP contribution is 2.64. The third-order valence-electron chi connectivity index (χ3n) is 9.58. The van der Waals surface area contributed by atoms with E-state index in [1.54, 1.807) is 21.7 Å². The van der Waals surface area contributed by atoms with Gasteiger partial charge in [-0.3, -0.25) is 14.4 Å². The molecule has 11 nitrogen and oxygen atoms in total. The quantitative estimate of drug-likeness (QED) is 0.177. The summed E-state index contributed by atoms with van der Waals surface area (Å²) >= 11 is 0. The van der Waals surface area contributed by atoms with Gasteiger partial charge in [-0.05, 0) is 50.3 Å². The number of fused-ring (bicyclic) bond motifs is 2. The standard InChI is InChI=1S/C34H39N5O6/c1-4-6-12-20-44-32(43)28-27-30(41)39(26(21-40)23-13-8-7-9-14-23)29(34(27)18-17-33(28,3)45-34)31(42)37(19-5-2)22-38-25-16-11-10-15-24(25)35-36-38/h4-5,7-11,13-16,26-29,40H,1-2,6,12,17-22H2,3H3/t26-,27+,28-,29?,33+,34?/m1/s1. The van der Waals surface area contributed by atoms with E-state index >= 15 is 0 Å². The first-order valence-electron chi connectivity index (χ1n) is 15.4. The van der Waals surface area contributed by atoms with Gasteiger partial charge in [0.2, 0.25) is 11.8 Å². The number of aliphatic hydroxyl groups excluding tert-OH is 1. The van der Waals surface area contributed by atoms with Crippen LogP contribution in [0.2, 0.25) is 0 Å². The minimum atomic E-state index is -1.29. The summed E-state index contributed by atoms with van der Waals surface area (Å²) < 4.78 is 14.1. The number of para-hydroxylation sites is 1. The molecule has 3 fully saturated rings. The molecule has 4 heterocycles. The average molecular weight is 614 g/mol. The van der Waals surface area contributed by atoms with Gasteiger partial charge in [-0.2, -0.15) is 0 Å². The van der Waals surface area contributed by atoms with Gasteiger partial charge in [0.25, 0.3) is 0 Å². The van der Waals surface area contributed by atoms with Crippen LogP contribution in [0.15, 0.2) is 79.9 Å². The van der Waals surface area contributed by atoms with Crippen LogP contribution >= 0.6 is 0 Å². The maximum Gasteiger partial charge on any atom is 0.312 e. The summed E-state index contributed by atoms with van der Waals surface area (Å²) in [6.45, 7) is 9.40. The largest absolute Gasteiger partial charge is 0.465 e. The molecule has 2 aromatic carbocycles. The first-order chi connectivity index (χ1) is 21.8. The first kappa shape index (κ1) is 30.7. The lowest BCUT2D eigenvalue weighted by Gasteiger charge is -2.39. The fourth-order valence-electron chi connectivity index (χ4n) is 7.59. The van der Waals surface area contributed by atoms with Crippen LogP contribution in [0.25, 0.3) is 11.0 Å². The van der Waals surface area contributed by atoms with Gasteiger partial charge in [0.15, 0.2) is 0 Å².